The first kappa shape index (κ1) is 79.4. The molecule has 1 amide bonds. The van der Waals surface area contributed by atoms with Crippen molar-refractivity contribution in [2.75, 3.05) is 26.4 Å². The summed E-state index contributed by atoms with van der Waals surface area (Å²) in [6.07, 6.45) is 41.7. The van der Waals surface area contributed by atoms with Crippen LogP contribution in [-0.2, 0) is 33.2 Å². The molecule has 0 aromatic carbocycles. The Morgan fingerprint density at radius 1 is 0.416 bits per heavy atom. The van der Waals surface area contributed by atoms with Gasteiger partial charge in [0.2, 0.25) is 5.91 Å². The van der Waals surface area contributed by atoms with Crippen molar-refractivity contribution in [3.05, 3.63) is 122 Å². The Hall–Kier alpha value is -3.81. The summed E-state index contributed by atoms with van der Waals surface area (Å²) in [5.41, 5.74) is 0. The van der Waals surface area contributed by atoms with Gasteiger partial charge < -0.3 is 89.9 Å². The number of ether oxygens (including phenoxy) is 6. The molecule has 508 valence electrons. The average Bonchev–Trinajstić information content (AvgIpc) is 2.46. The quantitative estimate of drug-likeness (QED) is 0.0203. The third-order valence-electron chi connectivity index (χ3n) is 15.7. The molecule has 3 fully saturated rings. The van der Waals surface area contributed by atoms with Gasteiger partial charge in [-0.25, -0.2) is 0 Å². The zero-order chi connectivity index (χ0) is 64.7. The Labute approximate surface area is 531 Å². The molecule has 0 aliphatic carbocycles. The van der Waals surface area contributed by atoms with Crippen LogP contribution in [0.5, 0.6) is 0 Å². The van der Waals surface area contributed by atoms with Crippen molar-refractivity contribution in [3.63, 3.8) is 0 Å². The Balaban J connectivity index is 1.47. The maximum Gasteiger partial charge on any atom is 0.220 e. The molecule has 3 heterocycles. The van der Waals surface area contributed by atoms with Gasteiger partial charge in [0, 0.05) is 6.42 Å². The van der Waals surface area contributed by atoms with Gasteiger partial charge in [-0.1, -0.05) is 193 Å². The van der Waals surface area contributed by atoms with E-state index in [4.69, 9.17) is 28.4 Å². The molecule has 0 radical (unpaired) electrons. The van der Waals surface area contributed by atoms with E-state index in [9.17, 15) is 61.0 Å². The summed E-state index contributed by atoms with van der Waals surface area (Å²) in [6, 6.07) is -1.02. The number of carbonyl (C=O) groups excluding carboxylic acids is 1. The molecule has 3 aliphatic rings. The van der Waals surface area contributed by atoms with E-state index in [1.807, 2.05) is 6.08 Å². The fourth-order valence-corrected chi connectivity index (χ4v) is 10.3. The maximum absolute atomic E-state index is 13.4. The lowest BCUT2D eigenvalue weighted by molar-refractivity contribution is -0.379. The molecule has 0 aromatic rings. The number of amides is 1. The smallest absolute Gasteiger partial charge is 0.220 e. The second-order valence-corrected chi connectivity index (χ2v) is 23.2. The first-order chi connectivity index (χ1) is 43.3. The normalized spacial score (nSPS) is 29.0. The second kappa shape index (κ2) is 50.7. The van der Waals surface area contributed by atoms with Crippen LogP contribution in [0, 0.1) is 0 Å². The lowest BCUT2D eigenvalue weighted by Gasteiger charge is -2.48. The molecule has 17 atom stereocenters. The SMILES string of the molecule is CC/C=C\C/C=C\C/C=C\C/C=C\C/C=C\C/C=C\C/C=C\CCCCCCCC(=O)NC(COC1OC(CO)C(OC2OC(CO)C(OC3OC(CO)C(O)C(O)C3O)C(O)C2O)C(O)C1O)C(O)/C=C/CC/C=C/CC/C=C/CCCCCCCCC. The summed E-state index contributed by atoms with van der Waals surface area (Å²) < 4.78 is 34.3. The minimum atomic E-state index is -1.99. The van der Waals surface area contributed by atoms with Crippen LogP contribution in [0.3, 0.4) is 0 Å². The van der Waals surface area contributed by atoms with Crippen molar-refractivity contribution in [2.24, 2.45) is 0 Å². The first-order valence-corrected chi connectivity index (χ1v) is 33.3. The van der Waals surface area contributed by atoms with Crippen LogP contribution in [0.4, 0.5) is 0 Å². The van der Waals surface area contributed by atoms with E-state index in [1.165, 1.54) is 44.9 Å². The largest absolute Gasteiger partial charge is 0.394 e. The predicted molar refractivity (Wildman–Crippen MR) is 346 cm³/mol. The Morgan fingerprint density at radius 3 is 1.26 bits per heavy atom. The van der Waals surface area contributed by atoms with Crippen LogP contribution in [0.25, 0.3) is 0 Å². The highest BCUT2D eigenvalue weighted by Gasteiger charge is 2.53. The van der Waals surface area contributed by atoms with Crippen LogP contribution in [-0.4, -0.2) is 193 Å². The molecule has 0 bridgehead atoms. The van der Waals surface area contributed by atoms with Crippen LogP contribution in [0.15, 0.2) is 122 Å². The van der Waals surface area contributed by atoms with Gasteiger partial charge in [0.25, 0.3) is 0 Å². The van der Waals surface area contributed by atoms with E-state index in [-0.39, 0.29) is 18.9 Å². The van der Waals surface area contributed by atoms with Crippen molar-refractivity contribution in [2.45, 2.75) is 285 Å². The number of nitrogens with one attached hydrogen (secondary N) is 1. The van der Waals surface area contributed by atoms with Crippen molar-refractivity contribution in [1.82, 2.24) is 5.32 Å². The van der Waals surface area contributed by atoms with Gasteiger partial charge >= 0.3 is 0 Å². The van der Waals surface area contributed by atoms with Crippen molar-refractivity contribution < 1.29 is 89.4 Å². The number of aliphatic hydroxyl groups is 11. The molecule has 12 N–H and O–H groups in total. The Morgan fingerprint density at radius 2 is 0.787 bits per heavy atom. The standard InChI is InChI=1S/C70H115NO18/c1-3-5-7-9-11-13-15-17-19-21-22-23-24-25-26-27-28-29-30-32-34-36-38-40-42-44-46-48-58(76)71-53(54(75)47-45-43-41-39-37-35-33-31-20-18-16-14-12-10-8-6-4-2)52-84-68-64(82)61(79)66(56(50-73)86-68)89-70-65(83)62(80)67(57(51-74)87-70)88-69-63(81)60(78)59(77)55(49-72)85-69/h5,7,11,13,17,19-20,22-23,25-26,28-29,31-32,34,37,39,45,47,53-57,59-70,72-75,77-83H,3-4,6,8-10,12,14-16,18,21,24,27,30,33,35-36,38,40-44,46,48-52H2,1-2H3,(H,71,76)/b7-5-,13-11-,19-17-,23-22-,26-25-,29-28-,31-20+,34-32-,39-37+,47-45+. The minimum Gasteiger partial charge on any atom is -0.394 e. The number of aliphatic hydroxyl groups excluding tert-OH is 11. The topological polar surface area (TPSA) is 307 Å². The van der Waals surface area contributed by atoms with E-state index in [0.29, 0.717) is 12.8 Å². The number of unbranched alkanes of at least 4 members (excludes halogenated alkanes) is 14. The van der Waals surface area contributed by atoms with Crippen LogP contribution >= 0.6 is 0 Å². The zero-order valence-electron chi connectivity index (χ0n) is 53.4. The molecule has 3 rings (SSSR count). The van der Waals surface area contributed by atoms with Gasteiger partial charge in [0.1, 0.15) is 73.2 Å². The van der Waals surface area contributed by atoms with Gasteiger partial charge in [-0.05, 0) is 103 Å². The highest BCUT2D eigenvalue weighted by Crippen LogP contribution is 2.33. The zero-order valence-corrected chi connectivity index (χ0v) is 53.4. The van der Waals surface area contributed by atoms with Crippen molar-refractivity contribution >= 4 is 5.91 Å². The van der Waals surface area contributed by atoms with Gasteiger partial charge in [0.05, 0.1) is 38.6 Å². The summed E-state index contributed by atoms with van der Waals surface area (Å²) in [6.45, 7) is 1.54. The Bertz CT molecular complexity index is 2090. The molecule has 0 saturated carbocycles. The number of carbonyl (C=O) groups is 1. The average molecular weight is 1260 g/mol. The molecule has 19 nitrogen and oxygen atoms in total. The summed E-state index contributed by atoms with van der Waals surface area (Å²) in [4.78, 5) is 13.4. The molecule has 0 aromatic heterocycles. The molecular formula is C70H115NO18. The van der Waals surface area contributed by atoms with E-state index in [2.05, 4.69) is 129 Å². The lowest BCUT2D eigenvalue weighted by Crippen LogP contribution is -2.66. The lowest BCUT2D eigenvalue weighted by atomic mass is 9.96. The predicted octanol–water partition coefficient (Wildman–Crippen LogP) is 8.04. The molecule has 3 aliphatic heterocycles. The Kier molecular flexibility index (Phi) is 45.3. The number of allylic oxidation sites excluding steroid dienone is 19. The fourth-order valence-electron chi connectivity index (χ4n) is 10.3. The molecule has 0 spiro atoms. The number of hydrogen-bond donors (Lipinski definition) is 12. The van der Waals surface area contributed by atoms with E-state index in [1.54, 1.807) is 6.08 Å². The fraction of sp³-hybridized carbons (Fsp3) is 0.700. The van der Waals surface area contributed by atoms with Gasteiger partial charge in [0.15, 0.2) is 18.9 Å². The van der Waals surface area contributed by atoms with Crippen molar-refractivity contribution in [3.8, 4) is 0 Å². The van der Waals surface area contributed by atoms with Crippen LogP contribution in [0.1, 0.15) is 181 Å². The summed E-state index contributed by atoms with van der Waals surface area (Å²) in [5.74, 6) is -0.315. The van der Waals surface area contributed by atoms with Gasteiger partial charge in [-0.3, -0.25) is 4.79 Å². The van der Waals surface area contributed by atoms with Gasteiger partial charge in [-0.2, -0.15) is 0 Å². The molecular weight excluding hydrogens is 1140 g/mol. The van der Waals surface area contributed by atoms with E-state index in [0.717, 1.165) is 103 Å². The summed E-state index contributed by atoms with van der Waals surface area (Å²) in [7, 11) is 0. The number of rotatable bonds is 48. The molecule has 19 heteroatoms. The summed E-state index contributed by atoms with van der Waals surface area (Å²) >= 11 is 0. The monoisotopic (exact) mass is 1260 g/mol. The third kappa shape index (κ3) is 33.0. The van der Waals surface area contributed by atoms with E-state index >= 15 is 0 Å². The van der Waals surface area contributed by atoms with Crippen LogP contribution < -0.4 is 5.32 Å². The molecule has 17 unspecified atom stereocenters. The maximum atomic E-state index is 13.4. The summed E-state index contributed by atoms with van der Waals surface area (Å²) in [5, 5.41) is 120. The second-order valence-electron chi connectivity index (χ2n) is 23.2. The molecule has 89 heavy (non-hydrogen) atoms. The molecule has 3 saturated heterocycles. The van der Waals surface area contributed by atoms with Crippen molar-refractivity contribution in [1.29, 1.82) is 0 Å². The number of hydrogen-bond acceptors (Lipinski definition) is 18. The van der Waals surface area contributed by atoms with Gasteiger partial charge in [-0.15, -0.1) is 0 Å². The first-order valence-electron chi connectivity index (χ1n) is 33.3. The highest BCUT2D eigenvalue weighted by molar-refractivity contribution is 5.76. The minimum absolute atomic E-state index is 0.201. The van der Waals surface area contributed by atoms with E-state index < -0.39 is 124 Å². The highest BCUT2D eigenvalue weighted by atomic mass is 16.8. The van der Waals surface area contributed by atoms with Crippen LogP contribution in [0.2, 0.25) is 0 Å². The third-order valence-corrected chi connectivity index (χ3v) is 15.7.